The van der Waals surface area contributed by atoms with Crippen molar-refractivity contribution < 1.29 is 4.79 Å². The first-order valence-corrected chi connectivity index (χ1v) is 8.94. The average molecular weight is 339 g/mol. The first kappa shape index (κ1) is 16.9. The van der Waals surface area contributed by atoms with Gasteiger partial charge >= 0.3 is 6.03 Å². The topological polar surface area (TPSA) is 58.1 Å². The van der Waals surface area contributed by atoms with Crippen LogP contribution >= 0.6 is 22.7 Å². The molecule has 2 rings (SSSR count). The van der Waals surface area contributed by atoms with E-state index in [0.717, 1.165) is 16.4 Å². The highest BCUT2D eigenvalue weighted by Gasteiger charge is 2.21. The maximum atomic E-state index is 12.2. The van der Waals surface area contributed by atoms with Gasteiger partial charge in [-0.15, -0.1) is 22.7 Å². The number of aromatic nitrogens is 2. The molecule has 0 aliphatic rings. The highest BCUT2D eigenvalue weighted by Crippen LogP contribution is 2.26. The number of hydrogen-bond acceptors (Lipinski definition) is 5. The minimum Gasteiger partial charge on any atom is -0.329 e. The summed E-state index contributed by atoms with van der Waals surface area (Å²) in [5.74, 6) is 0. The Balaban J connectivity index is 1.94. The number of nitrogens with zero attached hydrogens (tertiary/aromatic N) is 3. The van der Waals surface area contributed by atoms with Gasteiger partial charge in [0.25, 0.3) is 0 Å². The number of hydrogen-bond donors (Lipinski definition) is 1. The Morgan fingerprint density at radius 2 is 2.14 bits per heavy atom. The second-order valence-corrected chi connectivity index (χ2v) is 7.94. The maximum absolute atomic E-state index is 12.2. The normalized spacial score (nSPS) is 13.0. The second kappa shape index (κ2) is 6.75. The third kappa shape index (κ3) is 4.27. The van der Waals surface area contributed by atoms with Crippen molar-refractivity contribution in [1.82, 2.24) is 20.2 Å². The Morgan fingerprint density at radius 3 is 2.68 bits per heavy atom. The molecule has 2 aromatic rings. The van der Waals surface area contributed by atoms with Gasteiger partial charge < -0.3 is 10.2 Å². The molecule has 22 heavy (non-hydrogen) atoms. The lowest BCUT2D eigenvalue weighted by molar-refractivity contribution is 0.203. The van der Waals surface area contributed by atoms with Gasteiger partial charge in [-0.3, -0.25) is 0 Å². The molecule has 1 atom stereocenters. The number of carbonyl (C=O) groups excluding carboxylic acids is 1. The molecular weight excluding hydrogens is 316 g/mol. The van der Waals surface area contributed by atoms with Crippen LogP contribution < -0.4 is 5.32 Å². The number of rotatable bonds is 4. The summed E-state index contributed by atoms with van der Waals surface area (Å²) in [6, 6.07) is -0.223. The minimum atomic E-state index is -0.118. The standard InChI is InChI=1S/C15H22N4OS2/c1-10(13-18-12(8-22-13)15(2,3)4)17-14(20)19(5)6-11-7-21-9-16-11/h7-10H,6H2,1-5H3,(H,17,20). The highest BCUT2D eigenvalue weighted by atomic mass is 32.1. The number of amides is 2. The molecule has 1 unspecified atom stereocenters. The predicted molar refractivity (Wildman–Crippen MR) is 91.3 cm³/mol. The Labute approximate surface area is 139 Å². The van der Waals surface area contributed by atoms with Crippen LogP contribution in [-0.2, 0) is 12.0 Å². The van der Waals surface area contributed by atoms with E-state index in [1.165, 1.54) is 11.3 Å². The van der Waals surface area contributed by atoms with Crippen molar-refractivity contribution >= 4 is 28.7 Å². The molecule has 2 aromatic heterocycles. The lowest BCUT2D eigenvalue weighted by atomic mass is 9.93. The highest BCUT2D eigenvalue weighted by molar-refractivity contribution is 7.09. The summed E-state index contributed by atoms with van der Waals surface area (Å²) < 4.78 is 0. The Kier molecular flexibility index (Phi) is 5.18. The van der Waals surface area contributed by atoms with Crippen molar-refractivity contribution in [2.45, 2.75) is 45.7 Å². The average Bonchev–Trinajstić information content (AvgIpc) is 3.08. The fourth-order valence-electron chi connectivity index (χ4n) is 1.82. The van der Waals surface area contributed by atoms with E-state index < -0.39 is 0 Å². The van der Waals surface area contributed by atoms with E-state index in [2.05, 4.69) is 41.4 Å². The van der Waals surface area contributed by atoms with Crippen molar-refractivity contribution in [3.05, 3.63) is 32.7 Å². The van der Waals surface area contributed by atoms with E-state index in [-0.39, 0.29) is 17.5 Å². The van der Waals surface area contributed by atoms with Gasteiger partial charge in [-0.2, -0.15) is 0 Å². The maximum Gasteiger partial charge on any atom is 0.318 e. The fraction of sp³-hybridized carbons (Fsp3) is 0.533. The van der Waals surface area contributed by atoms with Crippen molar-refractivity contribution in [1.29, 1.82) is 0 Å². The van der Waals surface area contributed by atoms with Crippen molar-refractivity contribution in [3.8, 4) is 0 Å². The van der Waals surface area contributed by atoms with E-state index in [0.29, 0.717) is 6.54 Å². The van der Waals surface area contributed by atoms with E-state index in [1.54, 1.807) is 28.8 Å². The van der Waals surface area contributed by atoms with Gasteiger partial charge in [-0.05, 0) is 6.92 Å². The number of carbonyl (C=O) groups is 1. The zero-order valence-corrected chi connectivity index (χ0v) is 15.2. The SMILES string of the molecule is CC(NC(=O)N(C)Cc1cscn1)c1nc(C(C)(C)C)cs1. The third-order valence-electron chi connectivity index (χ3n) is 3.23. The summed E-state index contributed by atoms with van der Waals surface area (Å²) in [6.07, 6.45) is 0. The Hall–Kier alpha value is -1.47. The van der Waals surface area contributed by atoms with E-state index in [4.69, 9.17) is 0 Å². The van der Waals surface area contributed by atoms with Gasteiger partial charge in [0.05, 0.1) is 29.5 Å². The molecule has 0 aliphatic carbocycles. The van der Waals surface area contributed by atoms with E-state index in [1.807, 2.05) is 12.3 Å². The van der Waals surface area contributed by atoms with Crippen LogP contribution in [0.4, 0.5) is 4.79 Å². The molecule has 0 spiro atoms. The molecule has 0 aromatic carbocycles. The number of thiazole rings is 2. The Morgan fingerprint density at radius 1 is 1.41 bits per heavy atom. The lowest BCUT2D eigenvalue weighted by Crippen LogP contribution is -2.38. The minimum absolute atomic E-state index is 0.0277. The molecule has 0 saturated heterocycles. The van der Waals surface area contributed by atoms with Gasteiger partial charge in [-0.25, -0.2) is 14.8 Å². The molecule has 1 N–H and O–H groups in total. The molecule has 0 saturated carbocycles. The molecular formula is C15H22N4OS2. The van der Waals surface area contributed by atoms with Gasteiger partial charge in [0.2, 0.25) is 0 Å². The summed E-state index contributed by atoms with van der Waals surface area (Å²) in [6.45, 7) is 8.87. The molecule has 120 valence electrons. The van der Waals surface area contributed by atoms with Gasteiger partial charge in [0.15, 0.2) is 0 Å². The quantitative estimate of drug-likeness (QED) is 0.922. The number of nitrogens with one attached hydrogen (secondary N) is 1. The Bertz CT molecular complexity index is 616. The van der Waals surface area contributed by atoms with Gasteiger partial charge in [-0.1, -0.05) is 20.8 Å². The fourth-order valence-corrected chi connectivity index (χ4v) is 3.42. The molecule has 5 nitrogen and oxygen atoms in total. The van der Waals surface area contributed by atoms with E-state index >= 15 is 0 Å². The first-order chi connectivity index (χ1) is 10.3. The van der Waals surface area contributed by atoms with Crippen molar-refractivity contribution in [2.24, 2.45) is 0 Å². The molecule has 0 bridgehead atoms. The zero-order chi connectivity index (χ0) is 16.3. The lowest BCUT2D eigenvalue weighted by Gasteiger charge is -2.20. The molecule has 0 aliphatic heterocycles. The van der Waals surface area contributed by atoms with Gasteiger partial charge in [0, 0.05) is 23.2 Å². The number of urea groups is 1. The van der Waals surface area contributed by atoms with Crippen LogP contribution in [0.2, 0.25) is 0 Å². The van der Waals surface area contributed by atoms with Crippen LogP contribution in [0.1, 0.15) is 50.1 Å². The van der Waals surface area contributed by atoms with Gasteiger partial charge in [0.1, 0.15) is 5.01 Å². The van der Waals surface area contributed by atoms with E-state index in [9.17, 15) is 4.79 Å². The molecule has 0 radical (unpaired) electrons. The van der Waals surface area contributed by atoms with Crippen LogP contribution in [0.3, 0.4) is 0 Å². The summed E-state index contributed by atoms with van der Waals surface area (Å²) in [5.41, 5.74) is 3.76. The summed E-state index contributed by atoms with van der Waals surface area (Å²) >= 11 is 3.12. The molecule has 7 heteroatoms. The van der Waals surface area contributed by atoms with Crippen LogP contribution in [0.25, 0.3) is 0 Å². The zero-order valence-electron chi connectivity index (χ0n) is 13.6. The second-order valence-electron chi connectivity index (χ2n) is 6.33. The van der Waals surface area contributed by atoms with Crippen molar-refractivity contribution in [3.63, 3.8) is 0 Å². The largest absolute Gasteiger partial charge is 0.329 e. The molecule has 2 heterocycles. The van der Waals surface area contributed by atoms with Crippen LogP contribution in [0.5, 0.6) is 0 Å². The molecule has 0 fully saturated rings. The van der Waals surface area contributed by atoms with Crippen LogP contribution in [0, 0.1) is 0 Å². The summed E-state index contributed by atoms with van der Waals surface area (Å²) in [4.78, 5) is 22.7. The summed E-state index contributed by atoms with van der Waals surface area (Å²) in [7, 11) is 1.77. The molecule has 2 amide bonds. The van der Waals surface area contributed by atoms with Crippen LogP contribution in [0.15, 0.2) is 16.3 Å². The van der Waals surface area contributed by atoms with Crippen molar-refractivity contribution in [2.75, 3.05) is 7.05 Å². The first-order valence-electron chi connectivity index (χ1n) is 7.12. The monoisotopic (exact) mass is 338 g/mol. The smallest absolute Gasteiger partial charge is 0.318 e. The van der Waals surface area contributed by atoms with Crippen LogP contribution in [-0.4, -0.2) is 27.9 Å². The summed E-state index contributed by atoms with van der Waals surface area (Å²) in [5, 5.41) is 7.93. The third-order valence-corrected chi connectivity index (χ3v) is 4.89. The predicted octanol–water partition coefficient (Wildman–Crippen LogP) is 3.80.